The molecule has 0 bridgehead atoms. The molecule has 1 aromatic heterocycles. The van der Waals surface area contributed by atoms with Gasteiger partial charge in [0.15, 0.2) is 0 Å². The van der Waals surface area contributed by atoms with Crippen LogP contribution in [0.5, 0.6) is 0 Å². The Labute approximate surface area is 129 Å². The number of carbonyl (C=O) groups is 1. The van der Waals surface area contributed by atoms with Crippen molar-refractivity contribution in [1.29, 1.82) is 0 Å². The summed E-state index contributed by atoms with van der Waals surface area (Å²) in [5, 5.41) is 4.56. The number of hydrogen-bond acceptors (Lipinski definition) is 2. The van der Waals surface area contributed by atoms with Crippen molar-refractivity contribution >= 4 is 5.91 Å². The van der Waals surface area contributed by atoms with E-state index in [1.54, 1.807) is 0 Å². The smallest absolute Gasteiger partial charge is 0.267 e. The van der Waals surface area contributed by atoms with Crippen LogP contribution >= 0.6 is 0 Å². The van der Waals surface area contributed by atoms with Crippen LogP contribution in [0, 0.1) is 6.92 Å². The fourth-order valence-corrected chi connectivity index (χ4v) is 2.99. The molecule has 0 radical (unpaired) electrons. The molecule has 3 aromatic rings. The number of fused-ring (bicyclic) bond motifs is 3. The van der Waals surface area contributed by atoms with Gasteiger partial charge in [-0.05, 0) is 43.0 Å². The quantitative estimate of drug-likeness (QED) is 0.685. The van der Waals surface area contributed by atoms with Gasteiger partial charge < -0.3 is 0 Å². The maximum absolute atomic E-state index is 12.6. The van der Waals surface area contributed by atoms with Crippen molar-refractivity contribution in [2.75, 3.05) is 0 Å². The van der Waals surface area contributed by atoms with E-state index in [9.17, 15) is 4.79 Å². The molecule has 0 spiro atoms. The van der Waals surface area contributed by atoms with Crippen LogP contribution in [-0.2, 0) is 12.8 Å². The van der Waals surface area contributed by atoms with Crippen LogP contribution in [0.25, 0.3) is 11.3 Å². The molecule has 2 aromatic carbocycles. The van der Waals surface area contributed by atoms with Gasteiger partial charge in [0, 0.05) is 17.3 Å². The molecule has 1 aliphatic rings. The minimum absolute atomic E-state index is 0.0770. The number of aryl methyl sites for hydroxylation is 3. The molecule has 108 valence electrons. The van der Waals surface area contributed by atoms with E-state index in [4.69, 9.17) is 0 Å². The number of nitrogens with zero attached hydrogens (tertiary/aromatic N) is 2. The van der Waals surface area contributed by atoms with E-state index < -0.39 is 0 Å². The van der Waals surface area contributed by atoms with E-state index in [-0.39, 0.29) is 5.91 Å². The molecular formula is C19H16N2O. The number of carbonyl (C=O) groups excluding carboxylic acids is 1. The number of hydrogen-bond donors (Lipinski definition) is 0. The molecule has 0 N–H and O–H groups in total. The normalized spacial score (nSPS) is 12.6. The van der Waals surface area contributed by atoms with Crippen LogP contribution in [0.1, 0.15) is 27.0 Å². The number of rotatable bonds is 1. The molecule has 3 nitrogen and oxygen atoms in total. The lowest BCUT2D eigenvalue weighted by Gasteiger charge is -2.13. The highest BCUT2D eigenvalue weighted by molar-refractivity contribution is 5.95. The lowest BCUT2D eigenvalue weighted by molar-refractivity contribution is 0.0945. The van der Waals surface area contributed by atoms with E-state index >= 15 is 0 Å². The highest BCUT2D eigenvalue weighted by Crippen LogP contribution is 2.32. The zero-order valence-electron chi connectivity index (χ0n) is 12.4. The van der Waals surface area contributed by atoms with Gasteiger partial charge in [-0.3, -0.25) is 4.79 Å². The summed E-state index contributed by atoms with van der Waals surface area (Å²) in [5.74, 6) is -0.0770. The molecule has 0 aliphatic heterocycles. The summed E-state index contributed by atoms with van der Waals surface area (Å²) in [6.45, 7) is 2.01. The van der Waals surface area contributed by atoms with Gasteiger partial charge in [0.05, 0.1) is 5.69 Å². The largest absolute Gasteiger partial charge is 0.278 e. The summed E-state index contributed by atoms with van der Waals surface area (Å²) < 4.78 is 1.48. The second kappa shape index (κ2) is 4.95. The Morgan fingerprint density at radius 1 is 1.00 bits per heavy atom. The summed E-state index contributed by atoms with van der Waals surface area (Å²) >= 11 is 0. The molecule has 0 unspecified atom stereocenters. The predicted molar refractivity (Wildman–Crippen MR) is 86.0 cm³/mol. The third kappa shape index (κ3) is 2.06. The average molecular weight is 288 g/mol. The second-order valence-electron chi connectivity index (χ2n) is 5.78. The molecule has 0 amide bonds. The van der Waals surface area contributed by atoms with Crippen molar-refractivity contribution in [3.63, 3.8) is 0 Å². The monoisotopic (exact) mass is 288 g/mol. The Balaban J connectivity index is 1.76. The molecule has 0 fully saturated rings. The van der Waals surface area contributed by atoms with Gasteiger partial charge >= 0.3 is 0 Å². The van der Waals surface area contributed by atoms with E-state index in [1.807, 2.05) is 43.5 Å². The van der Waals surface area contributed by atoms with Gasteiger partial charge in [0.25, 0.3) is 5.91 Å². The first-order valence-electron chi connectivity index (χ1n) is 7.50. The fourth-order valence-electron chi connectivity index (χ4n) is 2.99. The SMILES string of the molecule is Cc1ccc(C(=O)n2cc3c(n2)-c2ccccc2CC3)cc1. The summed E-state index contributed by atoms with van der Waals surface area (Å²) in [6.07, 6.45) is 3.83. The predicted octanol–water partition coefficient (Wildman–Crippen LogP) is 3.65. The molecule has 1 heterocycles. The zero-order chi connectivity index (χ0) is 15.1. The van der Waals surface area contributed by atoms with Crippen LogP contribution in [0.3, 0.4) is 0 Å². The first kappa shape index (κ1) is 13.0. The molecule has 3 heteroatoms. The van der Waals surface area contributed by atoms with Gasteiger partial charge in [-0.1, -0.05) is 42.0 Å². The highest BCUT2D eigenvalue weighted by atomic mass is 16.2. The molecule has 0 saturated carbocycles. The Bertz CT molecular complexity index is 859. The third-order valence-electron chi connectivity index (χ3n) is 4.23. The Hall–Kier alpha value is -2.68. The Morgan fingerprint density at radius 3 is 2.55 bits per heavy atom. The van der Waals surface area contributed by atoms with Gasteiger partial charge in [-0.15, -0.1) is 0 Å². The molecular weight excluding hydrogens is 272 g/mol. The van der Waals surface area contributed by atoms with Crippen molar-refractivity contribution in [3.8, 4) is 11.3 Å². The Morgan fingerprint density at radius 2 is 1.73 bits per heavy atom. The second-order valence-corrected chi connectivity index (χ2v) is 5.78. The van der Waals surface area contributed by atoms with Crippen LogP contribution < -0.4 is 0 Å². The highest BCUT2D eigenvalue weighted by Gasteiger charge is 2.21. The molecule has 22 heavy (non-hydrogen) atoms. The van der Waals surface area contributed by atoms with Gasteiger partial charge in [-0.25, -0.2) is 4.68 Å². The summed E-state index contributed by atoms with van der Waals surface area (Å²) in [5.41, 5.74) is 6.37. The van der Waals surface area contributed by atoms with Gasteiger partial charge in [0.1, 0.15) is 0 Å². The van der Waals surface area contributed by atoms with Crippen molar-refractivity contribution in [2.24, 2.45) is 0 Å². The lowest BCUT2D eigenvalue weighted by atomic mass is 9.91. The minimum atomic E-state index is -0.0770. The maximum Gasteiger partial charge on any atom is 0.278 e. The average Bonchev–Trinajstić information content (AvgIpc) is 2.99. The van der Waals surface area contributed by atoms with Gasteiger partial charge in [0.2, 0.25) is 0 Å². The summed E-state index contributed by atoms with van der Waals surface area (Å²) in [7, 11) is 0. The zero-order valence-corrected chi connectivity index (χ0v) is 12.4. The van der Waals surface area contributed by atoms with Gasteiger partial charge in [-0.2, -0.15) is 5.10 Å². The summed E-state index contributed by atoms with van der Waals surface area (Å²) in [6, 6.07) is 15.9. The fraction of sp³-hybridized carbons (Fsp3) is 0.158. The summed E-state index contributed by atoms with van der Waals surface area (Å²) in [4.78, 5) is 12.6. The molecule has 1 aliphatic carbocycles. The first-order chi connectivity index (χ1) is 10.7. The standard InChI is InChI=1S/C19H16N2O/c1-13-6-8-15(9-7-13)19(22)21-12-16-11-10-14-4-2-3-5-17(14)18(16)20-21/h2-9,12H,10-11H2,1H3. The van der Waals surface area contributed by atoms with Crippen molar-refractivity contribution in [3.05, 3.63) is 77.0 Å². The molecule has 0 atom stereocenters. The van der Waals surface area contributed by atoms with Crippen molar-refractivity contribution in [1.82, 2.24) is 9.78 Å². The number of benzene rings is 2. The van der Waals surface area contributed by atoms with Crippen LogP contribution in [0.2, 0.25) is 0 Å². The van der Waals surface area contributed by atoms with E-state index in [2.05, 4.69) is 23.3 Å². The first-order valence-corrected chi connectivity index (χ1v) is 7.50. The van der Waals surface area contributed by atoms with Crippen LogP contribution in [-0.4, -0.2) is 15.7 Å². The van der Waals surface area contributed by atoms with Crippen LogP contribution in [0.15, 0.2) is 54.7 Å². The molecule has 4 rings (SSSR count). The lowest BCUT2D eigenvalue weighted by Crippen LogP contribution is -2.12. The maximum atomic E-state index is 12.6. The minimum Gasteiger partial charge on any atom is -0.267 e. The van der Waals surface area contributed by atoms with E-state index in [1.165, 1.54) is 10.2 Å². The third-order valence-corrected chi connectivity index (χ3v) is 4.23. The van der Waals surface area contributed by atoms with E-state index in [0.717, 1.165) is 35.2 Å². The van der Waals surface area contributed by atoms with Crippen LogP contribution in [0.4, 0.5) is 0 Å². The van der Waals surface area contributed by atoms with Crippen molar-refractivity contribution < 1.29 is 4.79 Å². The van der Waals surface area contributed by atoms with E-state index in [0.29, 0.717) is 5.56 Å². The Kier molecular flexibility index (Phi) is 2.93. The number of aromatic nitrogens is 2. The topological polar surface area (TPSA) is 34.9 Å². The molecule has 0 saturated heterocycles. The van der Waals surface area contributed by atoms with Crippen molar-refractivity contribution in [2.45, 2.75) is 19.8 Å².